The van der Waals surface area contributed by atoms with Crippen LogP contribution in [0.5, 0.6) is 5.75 Å². The fraction of sp³-hybridized carbons (Fsp3) is 0.429. The van der Waals surface area contributed by atoms with Gasteiger partial charge < -0.3 is 20.5 Å². The minimum absolute atomic E-state index is 0.190. The number of rotatable bonds is 6. The topological polar surface area (TPSA) is 87.7 Å². The zero-order chi connectivity index (χ0) is 15.1. The van der Waals surface area contributed by atoms with Gasteiger partial charge in [0.15, 0.2) is 0 Å². The van der Waals surface area contributed by atoms with Gasteiger partial charge in [0.2, 0.25) is 0 Å². The number of para-hydroxylation sites is 1. The number of hydrogen-bond donors (Lipinski definition) is 3. The number of urea groups is 1. The number of aliphatic carboxylic acids is 1. The third-order valence-electron chi connectivity index (χ3n) is 2.85. The van der Waals surface area contributed by atoms with E-state index in [-0.39, 0.29) is 12.5 Å². The van der Waals surface area contributed by atoms with Crippen molar-refractivity contribution in [2.45, 2.75) is 26.4 Å². The van der Waals surface area contributed by atoms with E-state index >= 15 is 0 Å². The second-order valence-electron chi connectivity index (χ2n) is 4.70. The van der Waals surface area contributed by atoms with E-state index in [1.54, 1.807) is 27.0 Å². The van der Waals surface area contributed by atoms with Crippen LogP contribution < -0.4 is 15.4 Å². The lowest BCUT2D eigenvalue weighted by Gasteiger charge is -2.18. The van der Waals surface area contributed by atoms with Crippen molar-refractivity contribution in [1.29, 1.82) is 0 Å². The van der Waals surface area contributed by atoms with E-state index in [1.807, 2.05) is 18.2 Å². The molecule has 0 spiro atoms. The first-order valence-corrected chi connectivity index (χ1v) is 6.34. The summed E-state index contributed by atoms with van der Waals surface area (Å²) in [7, 11) is 1.55. The Bertz CT molecular complexity index is 474. The number of carboxylic acid groups (broad SMARTS) is 1. The monoisotopic (exact) mass is 280 g/mol. The summed E-state index contributed by atoms with van der Waals surface area (Å²) >= 11 is 0. The maximum atomic E-state index is 11.7. The molecule has 0 radical (unpaired) electrons. The van der Waals surface area contributed by atoms with E-state index in [0.717, 1.165) is 5.56 Å². The molecule has 1 aromatic carbocycles. The number of nitrogens with one attached hydrogen (secondary N) is 2. The molecule has 0 aliphatic carbocycles. The summed E-state index contributed by atoms with van der Waals surface area (Å²) in [5.74, 6) is -0.566. The molecule has 1 rings (SSSR count). The molecular formula is C14H20N2O4. The fourth-order valence-corrected chi connectivity index (χ4v) is 1.73. The van der Waals surface area contributed by atoms with E-state index in [0.29, 0.717) is 5.75 Å². The average molecular weight is 280 g/mol. The summed E-state index contributed by atoms with van der Waals surface area (Å²) in [6.07, 6.45) is 0. The van der Waals surface area contributed by atoms with E-state index in [4.69, 9.17) is 9.84 Å². The van der Waals surface area contributed by atoms with Crippen molar-refractivity contribution in [3.63, 3.8) is 0 Å². The predicted octanol–water partition coefficient (Wildman–Crippen LogP) is 1.60. The Morgan fingerprint density at radius 3 is 2.50 bits per heavy atom. The zero-order valence-corrected chi connectivity index (χ0v) is 11.8. The Kier molecular flexibility index (Phi) is 5.83. The highest BCUT2D eigenvalue weighted by molar-refractivity contribution is 5.82. The molecule has 0 unspecified atom stereocenters. The smallest absolute Gasteiger partial charge is 0.326 e. The maximum Gasteiger partial charge on any atom is 0.326 e. The highest BCUT2D eigenvalue weighted by Gasteiger charge is 2.23. The number of carbonyl (C=O) groups excluding carboxylic acids is 1. The second-order valence-corrected chi connectivity index (χ2v) is 4.70. The predicted molar refractivity (Wildman–Crippen MR) is 74.6 cm³/mol. The van der Waals surface area contributed by atoms with Gasteiger partial charge in [-0.3, -0.25) is 0 Å². The molecule has 0 aliphatic rings. The maximum absolute atomic E-state index is 11.7. The van der Waals surface area contributed by atoms with Gasteiger partial charge in [-0.15, -0.1) is 0 Å². The fourth-order valence-electron chi connectivity index (χ4n) is 1.73. The van der Waals surface area contributed by atoms with Crippen molar-refractivity contribution in [2.24, 2.45) is 5.92 Å². The summed E-state index contributed by atoms with van der Waals surface area (Å²) in [5, 5.41) is 14.1. The summed E-state index contributed by atoms with van der Waals surface area (Å²) in [6, 6.07) is 5.87. The number of hydrogen-bond acceptors (Lipinski definition) is 3. The Morgan fingerprint density at radius 2 is 1.95 bits per heavy atom. The minimum Gasteiger partial charge on any atom is -0.496 e. The Labute approximate surface area is 118 Å². The van der Waals surface area contributed by atoms with Crippen LogP contribution in [0.1, 0.15) is 19.4 Å². The first-order valence-electron chi connectivity index (χ1n) is 6.34. The van der Waals surface area contributed by atoms with Crippen molar-refractivity contribution in [3.8, 4) is 5.75 Å². The van der Waals surface area contributed by atoms with Gasteiger partial charge in [-0.25, -0.2) is 9.59 Å². The Hall–Kier alpha value is -2.24. The molecule has 0 saturated carbocycles. The van der Waals surface area contributed by atoms with Crippen LogP contribution in [0.25, 0.3) is 0 Å². The Morgan fingerprint density at radius 1 is 1.30 bits per heavy atom. The minimum atomic E-state index is -1.05. The molecular weight excluding hydrogens is 260 g/mol. The van der Waals surface area contributed by atoms with Gasteiger partial charge in [0.25, 0.3) is 0 Å². The van der Waals surface area contributed by atoms with Crippen molar-refractivity contribution in [1.82, 2.24) is 10.6 Å². The Balaban J connectivity index is 2.57. The summed E-state index contributed by atoms with van der Waals surface area (Å²) in [4.78, 5) is 22.7. The van der Waals surface area contributed by atoms with Gasteiger partial charge in [0, 0.05) is 12.1 Å². The largest absolute Gasteiger partial charge is 0.496 e. The molecule has 0 aromatic heterocycles. The van der Waals surface area contributed by atoms with E-state index in [9.17, 15) is 9.59 Å². The molecule has 0 heterocycles. The number of ether oxygens (including phenoxy) is 1. The molecule has 2 amide bonds. The van der Waals surface area contributed by atoms with Gasteiger partial charge in [0.1, 0.15) is 11.8 Å². The lowest BCUT2D eigenvalue weighted by atomic mass is 10.1. The molecule has 1 aromatic rings. The van der Waals surface area contributed by atoms with Crippen LogP contribution in [0.15, 0.2) is 24.3 Å². The summed E-state index contributed by atoms with van der Waals surface area (Å²) < 4.78 is 5.17. The van der Waals surface area contributed by atoms with Crippen LogP contribution in [0.4, 0.5) is 4.79 Å². The first kappa shape index (κ1) is 15.8. The molecule has 0 fully saturated rings. The lowest BCUT2D eigenvalue weighted by Crippen LogP contribution is -2.48. The van der Waals surface area contributed by atoms with Gasteiger partial charge in [-0.05, 0) is 12.0 Å². The molecule has 0 saturated heterocycles. The number of benzene rings is 1. The van der Waals surface area contributed by atoms with Crippen LogP contribution in [0.3, 0.4) is 0 Å². The van der Waals surface area contributed by atoms with Gasteiger partial charge in [0.05, 0.1) is 7.11 Å². The van der Waals surface area contributed by atoms with Crippen LogP contribution in [-0.4, -0.2) is 30.3 Å². The molecule has 6 nitrogen and oxygen atoms in total. The zero-order valence-electron chi connectivity index (χ0n) is 11.8. The van der Waals surface area contributed by atoms with Gasteiger partial charge in [-0.2, -0.15) is 0 Å². The standard InChI is InChI=1S/C14H20N2O4/c1-9(2)12(13(17)18)16-14(19)15-8-10-6-4-5-7-11(10)20-3/h4-7,9,12H,8H2,1-3H3,(H,17,18)(H2,15,16,19)/t12-/m0/s1. The summed E-state index contributed by atoms with van der Waals surface area (Å²) in [5.41, 5.74) is 0.821. The molecule has 20 heavy (non-hydrogen) atoms. The third-order valence-corrected chi connectivity index (χ3v) is 2.85. The van der Waals surface area contributed by atoms with Crippen LogP contribution >= 0.6 is 0 Å². The van der Waals surface area contributed by atoms with Gasteiger partial charge >= 0.3 is 12.0 Å². The van der Waals surface area contributed by atoms with Crippen molar-refractivity contribution in [3.05, 3.63) is 29.8 Å². The molecule has 110 valence electrons. The van der Waals surface area contributed by atoms with Crippen LogP contribution in [0.2, 0.25) is 0 Å². The number of carboxylic acids is 1. The average Bonchev–Trinajstić information content (AvgIpc) is 2.42. The number of amides is 2. The summed E-state index contributed by atoms with van der Waals surface area (Å²) in [6.45, 7) is 3.73. The van der Waals surface area contributed by atoms with Crippen molar-refractivity contribution >= 4 is 12.0 Å². The van der Waals surface area contributed by atoms with Crippen LogP contribution in [0, 0.1) is 5.92 Å². The SMILES string of the molecule is COc1ccccc1CNC(=O)N[C@H](C(=O)O)C(C)C. The number of methoxy groups -OCH3 is 1. The van der Waals surface area contributed by atoms with E-state index in [1.165, 1.54) is 0 Å². The normalized spacial score (nSPS) is 11.8. The molecule has 0 bridgehead atoms. The van der Waals surface area contributed by atoms with Crippen molar-refractivity contribution < 1.29 is 19.4 Å². The van der Waals surface area contributed by atoms with E-state index in [2.05, 4.69) is 10.6 Å². The first-order chi connectivity index (χ1) is 9.45. The highest BCUT2D eigenvalue weighted by atomic mass is 16.5. The lowest BCUT2D eigenvalue weighted by molar-refractivity contribution is -0.140. The highest BCUT2D eigenvalue weighted by Crippen LogP contribution is 2.16. The van der Waals surface area contributed by atoms with Gasteiger partial charge in [-0.1, -0.05) is 32.0 Å². The third kappa shape index (κ3) is 4.46. The van der Waals surface area contributed by atoms with Crippen molar-refractivity contribution in [2.75, 3.05) is 7.11 Å². The molecule has 3 N–H and O–H groups in total. The molecule has 6 heteroatoms. The molecule has 1 atom stereocenters. The molecule has 0 aliphatic heterocycles. The quantitative estimate of drug-likeness (QED) is 0.738. The van der Waals surface area contributed by atoms with E-state index < -0.39 is 18.0 Å². The second kappa shape index (κ2) is 7.37. The van der Waals surface area contributed by atoms with Crippen LogP contribution in [-0.2, 0) is 11.3 Å². The number of carbonyl (C=O) groups is 2.